The first kappa shape index (κ1) is 46.5. The topological polar surface area (TPSA) is 118 Å². The maximum Gasteiger partial charge on any atom is 0.306 e. The van der Waals surface area contributed by atoms with E-state index in [1.165, 1.54) is 19.3 Å². The van der Waals surface area contributed by atoms with Gasteiger partial charge in [-0.15, -0.1) is 0 Å². The van der Waals surface area contributed by atoms with Crippen molar-refractivity contribution in [1.29, 1.82) is 0 Å². The standard InChI is InChI=1S/C40H70O9/c1-4-7-10-13-16-19-20-31-45-37(42)27-28-38(43)46-34-23-25-36(41)26-24-35-47-39(44)29-30-40(48-32-21-17-14-11-8-5-2)49-33-22-18-15-12-9-6-3/h8-9,11-12,19-20,36,40-41H,4-7,10,13-18,21-35H2,1-3H3/b11-8-,12-9-,20-19-. The zero-order valence-electron chi connectivity index (χ0n) is 31.2. The molecule has 9 heteroatoms. The number of aliphatic hydroxyl groups excluding tert-OH is 1. The molecule has 1 atom stereocenters. The molecule has 0 aromatic heterocycles. The Morgan fingerprint density at radius 3 is 1.53 bits per heavy atom. The molecule has 0 saturated carbocycles. The van der Waals surface area contributed by atoms with E-state index >= 15 is 0 Å². The lowest BCUT2D eigenvalue weighted by Crippen LogP contribution is -2.21. The molecule has 0 radical (unpaired) electrons. The van der Waals surface area contributed by atoms with Crippen LogP contribution in [0.1, 0.15) is 156 Å². The van der Waals surface area contributed by atoms with E-state index in [0.717, 1.165) is 64.2 Å². The Labute approximate surface area is 298 Å². The highest BCUT2D eigenvalue weighted by molar-refractivity contribution is 5.77. The van der Waals surface area contributed by atoms with Crippen LogP contribution in [-0.2, 0) is 38.1 Å². The Hall–Kier alpha value is -2.49. The first-order valence-corrected chi connectivity index (χ1v) is 19.3. The number of hydrogen-bond donors (Lipinski definition) is 1. The zero-order valence-corrected chi connectivity index (χ0v) is 31.2. The minimum atomic E-state index is -0.576. The molecule has 0 aliphatic carbocycles. The summed E-state index contributed by atoms with van der Waals surface area (Å²) in [7, 11) is 0. The number of unbranched alkanes of at least 4 members (excludes halogenated alkanes) is 8. The van der Waals surface area contributed by atoms with Crippen LogP contribution in [-0.4, -0.2) is 68.4 Å². The molecule has 284 valence electrons. The van der Waals surface area contributed by atoms with Crippen molar-refractivity contribution in [3.63, 3.8) is 0 Å². The van der Waals surface area contributed by atoms with Crippen LogP contribution in [0.15, 0.2) is 36.5 Å². The van der Waals surface area contributed by atoms with Crippen LogP contribution in [0, 0.1) is 0 Å². The molecule has 0 heterocycles. The van der Waals surface area contributed by atoms with Crippen LogP contribution in [0.2, 0.25) is 0 Å². The summed E-state index contributed by atoms with van der Waals surface area (Å²) in [6.45, 7) is 8.27. The van der Waals surface area contributed by atoms with Crippen molar-refractivity contribution < 1.29 is 43.2 Å². The second kappa shape index (κ2) is 36.8. The van der Waals surface area contributed by atoms with Gasteiger partial charge in [0.25, 0.3) is 0 Å². The smallest absolute Gasteiger partial charge is 0.306 e. The van der Waals surface area contributed by atoms with Crippen LogP contribution in [0.4, 0.5) is 0 Å². The van der Waals surface area contributed by atoms with Crippen LogP contribution < -0.4 is 0 Å². The monoisotopic (exact) mass is 695 g/mol. The molecule has 0 amide bonds. The van der Waals surface area contributed by atoms with Crippen LogP contribution in [0.3, 0.4) is 0 Å². The van der Waals surface area contributed by atoms with E-state index in [4.69, 9.17) is 23.7 Å². The summed E-state index contributed by atoms with van der Waals surface area (Å²) in [4.78, 5) is 36.0. The maximum absolute atomic E-state index is 12.3. The maximum atomic E-state index is 12.3. The predicted octanol–water partition coefficient (Wildman–Crippen LogP) is 9.26. The lowest BCUT2D eigenvalue weighted by atomic mass is 10.1. The SMILES string of the molecule is CC/C=C\CCCCOC(CCC(=O)OCCCC(O)CCCOC(=O)CCC(=O)OC/C=C\CCCCCC)OCCCC/C=C\CC. The Morgan fingerprint density at radius 2 is 1.00 bits per heavy atom. The third-order valence-corrected chi connectivity index (χ3v) is 7.68. The van der Waals surface area contributed by atoms with Gasteiger partial charge in [-0.3, -0.25) is 14.4 Å². The van der Waals surface area contributed by atoms with E-state index in [0.29, 0.717) is 45.3 Å². The lowest BCUT2D eigenvalue weighted by Gasteiger charge is -2.18. The number of hydrogen-bond acceptors (Lipinski definition) is 9. The molecular formula is C40H70O9. The number of aliphatic hydroxyl groups is 1. The zero-order chi connectivity index (χ0) is 36.0. The Bertz CT molecular complexity index is 844. The predicted molar refractivity (Wildman–Crippen MR) is 196 cm³/mol. The van der Waals surface area contributed by atoms with Gasteiger partial charge in [0.1, 0.15) is 6.61 Å². The molecule has 0 aromatic rings. The number of ether oxygens (including phenoxy) is 5. The van der Waals surface area contributed by atoms with Gasteiger partial charge in [0.2, 0.25) is 0 Å². The normalized spacial score (nSPS) is 12.4. The summed E-state index contributed by atoms with van der Waals surface area (Å²) in [6, 6.07) is 0. The van der Waals surface area contributed by atoms with Crippen molar-refractivity contribution in [3.8, 4) is 0 Å². The molecule has 1 N–H and O–H groups in total. The molecule has 0 spiro atoms. The molecule has 0 bridgehead atoms. The molecule has 0 fully saturated rings. The minimum Gasteiger partial charge on any atom is -0.466 e. The quantitative estimate of drug-likeness (QED) is 0.0228. The molecule has 0 aliphatic heterocycles. The second-order valence-corrected chi connectivity index (χ2v) is 12.3. The van der Waals surface area contributed by atoms with E-state index in [-0.39, 0.29) is 45.1 Å². The second-order valence-electron chi connectivity index (χ2n) is 12.3. The summed E-state index contributed by atoms with van der Waals surface area (Å²) in [5, 5.41) is 10.2. The molecule has 0 aromatic carbocycles. The number of carbonyl (C=O) groups is 3. The summed E-state index contributed by atoms with van der Waals surface area (Å²) in [5.74, 6) is -1.18. The first-order chi connectivity index (χ1) is 23.9. The minimum absolute atomic E-state index is 0.0143. The van der Waals surface area contributed by atoms with Crippen LogP contribution in [0.25, 0.3) is 0 Å². The first-order valence-electron chi connectivity index (χ1n) is 19.3. The molecular weight excluding hydrogens is 624 g/mol. The molecule has 49 heavy (non-hydrogen) atoms. The Morgan fingerprint density at radius 1 is 0.510 bits per heavy atom. The van der Waals surface area contributed by atoms with Crippen molar-refractivity contribution in [2.75, 3.05) is 33.0 Å². The van der Waals surface area contributed by atoms with Crippen molar-refractivity contribution in [2.45, 2.75) is 168 Å². The van der Waals surface area contributed by atoms with E-state index in [1.807, 2.05) is 12.2 Å². The van der Waals surface area contributed by atoms with Crippen molar-refractivity contribution >= 4 is 17.9 Å². The lowest BCUT2D eigenvalue weighted by molar-refractivity contribution is -0.159. The highest BCUT2D eigenvalue weighted by atomic mass is 16.7. The highest BCUT2D eigenvalue weighted by Gasteiger charge is 2.14. The van der Waals surface area contributed by atoms with E-state index in [9.17, 15) is 19.5 Å². The average Bonchev–Trinajstić information content (AvgIpc) is 3.09. The van der Waals surface area contributed by atoms with Crippen molar-refractivity contribution in [1.82, 2.24) is 0 Å². The Balaban J connectivity index is 4.03. The summed E-state index contributed by atoms with van der Waals surface area (Å²) < 4.78 is 27.6. The van der Waals surface area contributed by atoms with Gasteiger partial charge >= 0.3 is 17.9 Å². The number of rotatable bonds is 35. The number of allylic oxidation sites excluding steroid dienone is 5. The summed E-state index contributed by atoms with van der Waals surface area (Å²) in [5.41, 5.74) is 0. The fourth-order valence-corrected chi connectivity index (χ4v) is 4.77. The third-order valence-electron chi connectivity index (χ3n) is 7.68. The fraction of sp³-hybridized carbons (Fsp3) is 0.775. The van der Waals surface area contributed by atoms with Gasteiger partial charge in [0, 0.05) is 19.6 Å². The molecule has 0 saturated heterocycles. The van der Waals surface area contributed by atoms with E-state index in [2.05, 4.69) is 45.1 Å². The van der Waals surface area contributed by atoms with Crippen LogP contribution in [0.5, 0.6) is 0 Å². The van der Waals surface area contributed by atoms with Gasteiger partial charge in [0.15, 0.2) is 6.29 Å². The molecule has 9 nitrogen and oxygen atoms in total. The summed E-state index contributed by atoms with van der Waals surface area (Å²) in [6.07, 6.45) is 28.2. The van der Waals surface area contributed by atoms with Gasteiger partial charge in [-0.2, -0.15) is 0 Å². The van der Waals surface area contributed by atoms with Gasteiger partial charge in [-0.1, -0.05) is 76.5 Å². The van der Waals surface area contributed by atoms with Crippen molar-refractivity contribution in [2.24, 2.45) is 0 Å². The van der Waals surface area contributed by atoms with Gasteiger partial charge < -0.3 is 28.8 Å². The Kier molecular flexibility index (Phi) is 34.9. The van der Waals surface area contributed by atoms with Gasteiger partial charge in [0.05, 0.1) is 38.6 Å². The number of carbonyl (C=O) groups excluding carboxylic acids is 3. The molecule has 0 aliphatic rings. The third kappa shape index (κ3) is 35.1. The van der Waals surface area contributed by atoms with Crippen LogP contribution >= 0.6 is 0 Å². The number of esters is 3. The van der Waals surface area contributed by atoms with Crippen molar-refractivity contribution in [3.05, 3.63) is 36.5 Å². The van der Waals surface area contributed by atoms with E-state index < -0.39 is 24.3 Å². The summed E-state index contributed by atoms with van der Waals surface area (Å²) >= 11 is 0. The fourth-order valence-electron chi connectivity index (χ4n) is 4.77. The molecule has 1 unspecified atom stereocenters. The van der Waals surface area contributed by atoms with Gasteiger partial charge in [-0.25, -0.2) is 0 Å². The average molecular weight is 695 g/mol. The molecule has 0 rings (SSSR count). The highest BCUT2D eigenvalue weighted by Crippen LogP contribution is 2.11. The largest absolute Gasteiger partial charge is 0.466 e. The van der Waals surface area contributed by atoms with E-state index in [1.54, 1.807) is 0 Å². The van der Waals surface area contributed by atoms with Gasteiger partial charge in [-0.05, 0) is 89.9 Å².